The first-order valence-corrected chi connectivity index (χ1v) is 8.29. The van der Waals surface area contributed by atoms with Gasteiger partial charge in [0.15, 0.2) is 17.3 Å². The van der Waals surface area contributed by atoms with Crippen LogP contribution in [0.5, 0.6) is 17.2 Å². The van der Waals surface area contributed by atoms with Crippen molar-refractivity contribution in [2.75, 3.05) is 20.8 Å². The van der Waals surface area contributed by atoms with Crippen molar-refractivity contribution in [2.24, 2.45) is 5.73 Å². The van der Waals surface area contributed by atoms with Crippen LogP contribution in [0.1, 0.15) is 24.4 Å². The fourth-order valence-corrected chi connectivity index (χ4v) is 2.59. The predicted molar refractivity (Wildman–Crippen MR) is 98.6 cm³/mol. The molecular weight excluding hydrogens is 332 g/mol. The third kappa shape index (κ3) is 3.62. The average Bonchev–Trinajstić information content (AvgIpc) is 3.18. The Labute approximate surface area is 152 Å². The number of benzene rings is 2. The number of nitrogens with one attached hydrogen (secondary N) is 1. The number of rotatable bonds is 7. The smallest absolute Gasteiger partial charge is 0.181 e. The van der Waals surface area contributed by atoms with Crippen LogP contribution in [-0.2, 0) is 0 Å². The van der Waals surface area contributed by atoms with E-state index in [1.54, 1.807) is 14.2 Å². The van der Waals surface area contributed by atoms with Crippen molar-refractivity contribution in [1.82, 2.24) is 15.2 Å². The lowest BCUT2D eigenvalue weighted by Gasteiger charge is -2.10. The summed E-state index contributed by atoms with van der Waals surface area (Å²) in [4.78, 5) is 4.53. The second-order valence-corrected chi connectivity index (χ2v) is 5.59. The third-order valence-corrected chi connectivity index (χ3v) is 3.99. The average molecular weight is 354 g/mol. The van der Waals surface area contributed by atoms with Gasteiger partial charge in [0.1, 0.15) is 11.6 Å². The molecule has 26 heavy (non-hydrogen) atoms. The van der Waals surface area contributed by atoms with Crippen LogP contribution in [0, 0.1) is 0 Å². The van der Waals surface area contributed by atoms with Gasteiger partial charge in [0.2, 0.25) is 0 Å². The maximum absolute atomic E-state index is 6.30. The van der Waals surface area contributed by atoms with Crippen molar-refractivity contribution in [3.8, 4) is 28.6 Å². The number of aromatic nitrogens is 3. The number of ether oxygens (including phenoxy) is 3. The molecule has 0 radical (unpaired) electrons. The van der Waals surface area contributed by atoms with Gasteiger partial charge in [0.05, 0.1) is 26.9 Å². The van der Waals surface area contributed by atoms with Gasteiger partial charge in [0, 0.05) is 5.56 Å². The molecule has 1 unspecified atom stereocenters. The maximum Gasteiger partial charge on any atom is 0.181 e. The molecule has 0 fully saturated rings. The Hall–Kier alpha value is -3.06. The number of hydrogen-bond donors (Lipinski definition) is 2. The Morgan fingerprint density at radius 1 is 1.04 bits per heavy atom. The number of nitrogens with zero attached hydrogens (tertiary/aromatic N) is 2. The van der Waals surface area contributed by atoms with Gasteiger partial charge in [-0.1, -0.05) is 12.1 Å². The summed E-state index contributed by atoms with van der Waals surface area (Å²) in [7, 11) is 3.23. The van der Waals surface area contributed by atoms with Crippen LogP contribution < -0.4 is 19.9 Å². The summed E-state index contributed by atoms with van der Waals surface area (Å²) in [6, 6.07) is 12.7. The van der Waals surface area contributed by atoms with Crippen molar-refractivity contribution in [3.63, 3.8) is 0 Å². The summed E-state index contributed by atoms with van der Waals surface area (Å²) in [5, 5.41) is 7.20. The summed E-state index contributed by atoms with van der Waals surface area (Å²) >= 11 is 0. The SMILES string of the molecule is CCOc1ccc(-c2n[nH]c(C(N)c3ccc(OC)cc3)n2)cc1OC. The molecule has 7 heteroatoms. The quantitative estimate of drug-likeness (QED) is 0.677. The second-order valence-electron chi connectivity index (χ2n) is 5.59. The van der Waals surface area contributed by atoms with Gasteiger partial charge < -0.3 is 19.9 Å². The Morgan fingerprint density at radius 3 is 2.46 bits per heavy atom. The van der Waals surface area contributed by atoms with Gasteiger partial charge in [-0.15, -0.1) is 0 Å². The molecule has 3 N–H and O–H groups in total. The Kier molecular flexibility index (Phi) is 5.38. The van der Waals surface area contributed by atoms with E-state index in [-0.39, 0.29) is 0 Å². The molecule has 0 spiro atoms. The van der Waals surface area contributed by atoms with E-state index in [1.807, 2.05) is 49.4 Å². The first kappa shape index (κ1) is 17.8. The summed E-state index contributed by atoms with van der Waals surface area (Å²) < 4.78 is 16.1. The van der Waals surface area contributed by atoms with Crippen molar-refractivity contribution >= 4 is 0 Å². The molecule has 3 aromatic rings. The highest BCUT2D eigenvalue weighted by Gasteiger charge is 2.16. The van der Waals surface area contributed by atoms with Crippen LogP contribution in [0.2, 0.25) is 0 Å². The lowest BCUT2D eigenvalue weighted by molar-refractivity contribution is 0.311. The molecule has 0 aliphatic carbocycles. The predicted octanol–water partition coefficient (Wildman–Crippen LogP) is 2.94. The summed E-state index contributed by atoms with van der Waals surface area (Å²) in [5.74, 6) is 3.23. The number of nitrogens with two attached hydrogens (primary N) is 1. The molecule has 2 aromatic carbocycles. The molecule has 0 bridgehead atoms. The van der Waals surface area contributed by atoms with Crippen LogP contribution in [0.3, 0.4) is 0 Å². The standard InChI is InChI=1S/C19H22N4O3/c1-4-26-15-10-7-13(11-16(15)25-3)18-21-19(23-22-18)17(20)12-5-8-14(24-2)9-6-12/h5-11,17H,4,20H2,1-3H3,(H,21,22,23). The van der Waals surface area contributed by atoms with Crippen molar-refractivity contribution in [3.05, 3.63) is 53.9 Å². The van der Waals surface area contributed by atoms with Crippen LogP contribution in [-0.4, -0.2) is 36.0 Å². The van der Waals surface area contributed by atoms with E-state index in [0.717, 1.165) is 16.9 Å². The monoisotopic (exact) mass is 354 g/mol. The van der Waals surface area contributed by atoms with Crippen LogP contribution in [0.25, 0.3) is 11.4 Å². The molecule has 0 aliphatic heterocycles. The zero-order chi connectivity index (χ0) is 18.5. The fraction of sp³-hybridized carbons (Fsp3) is 0.263. The highest BCUT2D eigenvalue weighted by Crippen LogP contribution is 2.31. The molecule has 0 saturated carbocycles. The molecule has 0 amide bonds. The molecule has 1 heterocycles. The van der Waals surface area contributed by atoms with Crippen LogP contribution in [0.4, 0.5) is 0 Å². The number of H-pyrrole nitrogens is 1. The Balaban J connectivity index is 1.84. The molecule has 1 atom stereocenters. The number of aromatic amines is 1. The van der Waals surface area contributed by atoms with E-state index >= 15 is 0 Å². The highest BCUT2D eigenvalue weighted by atomic mass is 16.5. The molecule has 0 saturated heterocycles. The molecular formula is C19H22N4O3. The largest absolute Gasteiger partial charge is 0.497 e. The van der Waals surface area contributed by atoms with E-state index in [2.05, 4.69) is 15.2 Å². The van der Waals surface area contributed by atoms with Crippen molar-refractivity contribution in [2.45, 2.75) is 13.0 Å². The van der Waals surface area contributed by atoms with E-state index in [4.69, 9.17) is 19.9 Å². The highest BCUT2D eigenvalue weighted by molar-refractivity contribution is 5.61. The summed E-state index contributed by atoms with van der Waals surface area (Å²) in [6.45, 7) is 2.49. The van der Waals surface area contributed by atoms with Gasteiger partial charge in [0.25, 0.3) is 0 Å². The number of methoxy groups -OCH3 is 2. The second kappa shape index (κ2) is 7.88. The van der Waals surface area contributed by atoms with Crippen molar-refractivity contribution < 1.29 is 14.2 Å². The molecule has 7 nitrogen and oxygen atoms in total. The number of hydrogen-bond acceptors (Lipinski definition) is 6. The molecule has 3 rings (SSSR count). The van der Waals surface area contributed by atoms with Gasteiger partial charge in [-0.2, -0.15) is 5.10 Å². The first-order chi connectivity index (χ1) is 12.7. The topological polar surface area (TPSA) is 95.3 Å². The minimum absolute atomic E-state index is 0.410. The van der Waals surface area contributed by atoms with Crippen LogP contribution >= 0.6 is 0 Å². The molecule has 136 valence electrons. The summed E-state index contributed by atoms with van der Waals surface area (Å²) in [6.07, 6.45) is 0. The molecule has 0 aliphatic rings. The fourth-order valence-electron chi connectivity index (χ4n) is 2.59. The lowest BCUT2D eigenvalue weighted by atomic mass is 10.1. The molecule has 1 aromatic heterocycles. The third-order valence-electron chi connectivity index (χ3n) is 3.99. The normalized spacial score (nSPS) is 11.8. The van der Waals surface area contributed by atoms with Crippen LogP contribution in [0.15, 0.2) is 42.5 Å². The summed E-state index contributed by atoms with van der Waals surface area (Å²) in [5.41, 5.74) is 8.03. The van der Waals surface area contributed by atoms with Gasteiger partial charge in [-0.05, 0) is 42.8 Å². The minimum atomic E-state index is -0.410. The minimum Gasteiger partial charge on any atom is -0.497 e. The van der Waals surface area contributed by atoms with E-state index < -0.39 is 6.04 Å². The first-order valence-electron chi connectivity index (χ1n) is 8.29. The van der Waals surface area contributed by atoms with Gasteiger partial charge >= 0.3 is 0 Å². The Morgan fingerprint density at radius 2 is 1.81 bits per heavy atom. The zero-order valence-corrected chi connectivity index (χ0v) is 15.0. The van der Waals surface area contributed by atoms with E-state index in [9.17, 15) is 0 Å². The van der Waals surface area contributed by atoms with Gasteiger partial charge in [-0.25, -0.2) is 4.98 Å². The van der Waals surface area contributed by atoms with Gasteiger partial charge in [-0.3, -0.25) is 5.10 Å². The van der Waals surface area contributed by atoms with E-state index in [0.29, 0.717) is 29.8 Å². The van der Waals surface area contributed by atoms with E-state index in [1.165, 1.54) is 0 Å². The Bertz CT molecular complexity index is 861. The van der Waals surface area contributed by atoms with Crippen molar-refractivity contribution in [1.29, 1.82) is 0 Å². The zero-order valence-electron chi connectivity index (χ0n) is 15.0. The maximum atomic E-state index is 6.30. The lowest BCUT2D eigenvalue weighted by Crippen LogP contribution is -2.13.